The van der Waals surface area contributed by atoms with Gasteiger partial charge in [0, 0.05) is 0 Å². The van der Waals surface area contributed by atoms with Crippen molar-refractivity contribution >= 4 is 29.1 Å². The quantitative estimate of drug-likeness (QED) is 0.834. The molecule has 0 spiro atoms. The van der Waals surface area contributed by atoms with Gasteiger partial charge in [-0.25, -0.2) is 4.98 Å². The summed E-state index contributed by atoms with van der Waals surface area (Å²) in [5.74, 6) is 0.658. The number of hydrogen-bond donors (Lipinski definition) is 2. The predicted octanol–water partition coefficient (Wildman–Crippen LogP) is 2.06. The summed E-state index contributed by atoms with van der Waals surface area (Å²) in [7, 11) is 1.52. The van der Waals surface area contributed by atoms with Gasteiger partial charge in [-0.05, 0) is 30.2 Å². The molecule has 1 unspecified atom stereocenters. The molecular formula is C19H22N4O4. The van der Waals surface area contributed by atoms with E-state index in [0.717, 1.165) is 0 Å². The number of carbonyl (C=O) groups is 2. The average Bonchev–Trinajstić information content (AvgIpc) is 2.64. The smallest absolute Gasteiger partial charge is 0.270 e. The highest BCUT2D eigenvalue weighted by molar-refractivity contribution is 6.06. The van der Waals surface area contributed by atoms with Crippen LogP contribution in [0.15, 0.2) is 36.4 Å². The van der Waals surface area contributed by atoms with Gasteiger partial charge in [-0.15, -0.1) is 0 Å². The Morgan fingerprint density at radius 3 is 2.78 bits per heavy atom. The first-order valence-electron chi connectivity index (χ1n) is 8.58. The van der Waals surface area contributed by atoms with Gasteiger partial charge in [-0.3, -0.25) is 14.5 Å². The van der Waals surface area contributed by atoms with Gasteiger partial charge >= 0.3 is 0 Å². The van der Waals surface area contributed by atoms with E-state index in [1.807, 2.05) is 13.8 Å². The zero-order chi connectivity index (χ0) is 19.6. The molecule has 1 aromatic heterocycles. The van der Waals surface area contributed by atoms with Crippen LogP contribution in [0.4, 0.5) is 17.3 Å². The average molecular weight is 370 g/mol. The lowest BCUT2D eigenvalue weighted by Gasteiger charge is -2.34. The van der Waals surface area contributed by atoms with Crippen LogP contribution in [0.25, 0.3) is 0 Å². The first-order valence-corrected chi connectivity index (χ1v) is 8.58. The fourth-order valence-electron chi connectivity index (χ4n) is 2.84. The van der Waals surface area contributed by atoms with Crippen LogP contribution in [0.3, 0.4) is 0 Å². The van der Waals surface area contributed by atoms with Crippen LogP contribution in [0.2, 0.25) is 0 Å². The summed E-state index contributed by atoms with van der Waals surface area (Å²) in [4.78, 5) is 31.0. The molecule has 0 saturated heterocycles. The van der Waals surface area contributed by atoms with E-state index in [4.69, 9.17) is 15.2 Å². The number of para-hydroxylation sites is 2. The number of rotatable bonds is 5. The van der Waals surface area contributed by atoms with Crippen molar-refractivity contribution in [3.63, 3.8) is 0 Å². The van der Waals surface area contributed by atoms with Gasteiger partial charge in [-0.1, -0.05) is 26.0 Å². The number of nitrogens with two attached hydrogens (primary N) is 1. The monoisotopic (exact) mass is 370 g/mol. The number of carbonyl (C=O) groups excluding carboxylic acids is 2. The van der Waals surface area contributed by atoms with Crippen molar-refractivity contribution in [1.29, 1.82) is 0 Å². The summed E-state index contributed by atoms with van der Waals surface area (Å²) in [5.41, 5.74) is 6.27. The molecule has 0 saturated carbocycles. The van der Waals surface area contributed by atoms with Crippen LogP contribution in [-0.2, 0) is 9.59 Å². The molecule has 142 valence electrons. The van der Waals surface area contributed by atoms with Crippen LogP contribution >= 0.6 is 0 Å². The van der Waals surface area contributed by atoms with Gasteiger partial charge in [0.25, 0.3) is 5.91 Å². The van der Waals surface area contributed by atoms with Crippen molar-refractivity contribution in [2.45, 2.75) is 20.0 Å². The van der Waals surface area contributed by atoms with Crippen LogP contribution in [-0.4, -0.2) is 36.6 Å². The van der Waals surface area contributed by atoms with Crippen LogP contribution < -0.4 is 25.4 Å². The lowest BCUT2D eigenvalue weighted by molar-refractivity contribution is -0.129. The van der Waals surface area contributed by atoms with E-state index < -0.39 is 6.10 Å². The molecule has 1 atom stereocenters. The number of pyridine rings is 1. The lowest BCUT2D eigenvalue weighted by Crippen LogP contribution is -2.51. The highest BCUT2D eigenvalue weighted by Gasteiger charge is 2.38. The van der Waals surface area contributed by atoms with E-state index in [1.54, 1.807) is 36.4 Å². The maximum absolute atomic E-state index is 12.9. The molecule has 0 fully saturated rings. The molecule has 3 rings (SSSR count). The number of fused-ring (bicyclic) bond motifs is 1. The number of hydrogen-bond acceptors (Lipinski definition) is 6. The topological polar surface area (TPSA) is 107 Å². The normalized spacial score (nSPS) is 15.9. The van der Waals surface area contributed by atoms with E-state index >= 15 is 0 Å². The van der Waals surface area contributed by atoms with Crippen molar-refractivity contribution in [3.05, 3.63) is 36.4 Å². The fourth-order valence-corrected chi connectivity index (χ4v) is 2.84. The molecule has 2 aromatic rings. The molecule has 1 aromatic carbocycles. The molecular weight excluding hydrogens is 348 g/mol. The molecule has 27 heavy (non-hydrogen) atoms. The molecule has 8 heteroatoms. The minimum absolute atomic E-state index is 0.0667. The Labute approximate surface area is 157 Å². The Bertz CT molecular complexity index is 869. The Morgan fingerprint density at radius 1 is 1.33 bits per heavy atom. The van der Waals surface area contributed by atoms with Gasteiger partial charge < -0.3 is 20.5 Å². The molecule has 0 aliphatic carbocycles. The third-order valence-corrected chi connectivity index (χ3v) is 4.17. The summed E-state index contributed by atoms with van der Waals surface area (Å²) in [5, 5.41) is 2.76. The number of benzene rings is 1. The van der Waals surface area contributed by atoms with Crippen LogP contribution in [0, 0.1) is 5.92 Å². The molecule has 1 aliphatic rings. The molecule has 3 N–H and O–H groups in total. The number of methoxy groups -OCH3 is 1. The number of ether oxygens (including phenoxy) is 2. The second-order valence-electron chi connectivity index (χ2n) is 6.51. The SMILES string of the molecule is COc1ccccc1NC(=O)CN1C(=O)C(C(C)C)Oc2ccc(N)nc21. The number of nitrogen functional groups attached to an aromatic ring is 1. The van der Waals surface area contributed by atoms with Gasteiger partial charge in [0.15, 0.2) is 17.7 Å². The first-order chi connectivity index (χ1) is 12.9. The minimum atomic E-state index is -0.693. The number of amides is 2. The van der Waals surface area contributed by atoms with Crippen molar-refractivity contribution < 1.29 is 19.1 Å². The first kappa shape index (κ1) is 18.5. The standard InChI is InChI=1S/C19H22N4O4/c1-11(2)17-19(25)23(18-14(27-17)8-9-15(20)22-18)10-16(24)21-12-6-4-5-7-13(12)26-3/h4-9,11,17H,10H2,1-3H3,(H2,20,22)(H,21,24). The van der Waals surface area contributed by atoms with Crippen molar-refractivity contribution in [2.75, 3.05) is 29.6 Å². The zero-order valence-corrected chi connectivity index (χ0v) is 15.4. The number of anilines is 3. The summed E-state index contributed by atoms with van der Waals surface area (Å²) >= 11 is 0. The Hall–Kier alpha value is -3.29. The van der Waals surface area contributed by atoms with Gasteiger partial charge in [0.05, 0.1) is 12.8 Å². The Morgan fingerprint density at radius 2 is 2.07 bits per heavy atom. The molecule has 0 radical (unpaired) electrons. The number of nitrogens with one attached hydrogen (secondary N) is 1. The number of nitrogens with zero attached hydrogens (tertiary/aromatic N) is 2. The summed E-state index contributed by atoms with van der Waals surface area (Å²) in [6.45, 7) is 3.55. The predicted molar refractivity (Wildman–Crippen MR) is 102 cm³/mol. The Kier molecular flexibility index (Phi) is 5.16. The largest absolute Gasteiger partial charge is 0.495 e. The third-order valence-electron chi connectivity index (χ3n) is 4.17. The van der Waals surface area contributed by atoms with Crippen molar-refractivity contribution in [1.82, 2.24) is 4.98 Å². The van der Waals surface area contributed by atoms with Crippen LogP contribution in [0.1, 0.15) is 13.8 Å². The van der Waals surface area contributed by atoms with Crippen molar-refractivity contribution in [2.24, 2.45) is 5.92 Å². The van der Waals surface area contributed by atoms with E-state index in [2.05, 4.69) is 10.3 Å². The summed E-state index contributed by atoms with van der Waals surface area (Å²) in [6, 6.07) is 10.3. The second kappa shape index (κ2) is 7.53. The molecule has 0 bridgehead atoms. The van der Waals surface area contributed by atoms with E-state index in [0.29, 0.717) is 17.2 Å². The zero-order valence-electron chi connectivity index (χ0n) is 15.4. The summed E-state index contributed by atoms with van der Waals surface area (Å²) < 4.78 is 11.0. The molecule has 2 heterocycles. The van der Waals surface area contributed by atoms with Crippen LogP contribution in [0.5, 0.6) is 11.5 Å². The molecule has 2 amide bonds. The third kappa shape index (κ3) is 3.79. The minimum Gasteiger partial charge on any atom is -0.495 e. The second-order valence-corrected chi connectivity index (χ2v) is 6.51. The Balaban J connectivity index is 1.86. The van der Waals surface area contributed by atoms with E-state index in [9.17, 15) is 9.59 Å². The maximum atomic E-state index is 12.9. The fraction of sp³-hybridized carbons (Fsp3) is 0.316. The lowest BCUT2D eigenvalue weighted by atomic mass is 10.0. The highest BCUT2D eigenvalue weighted by atomic mass is 16.5. The van der Waals surface area contributed by atoms with E-state index in [-0.39, 0.29) is 35.9 Å². The number of aromatic nitrogens is 1. The van der Waals surface area contributed by atoms with Gasteiger partial charge in [-0.2, -0.15) is 0 Å². The molecule has 1 aliphatic heterocycles. The van der Waals surface area contributed by atoms with E-state index in [1.165, 1.54) is 12.0 Å². The maximum Gasteiger partial charge on any atom is 0.270 e. The van der Waals surface area contributed by atoms with Gasteiger partial charge in [0.2, 0.25) is 5.91 Å². The summed E-state index contributed by atoms with van der Waals surface area (Å²) in [6.07, 6.45) is -0.693. The highest BCUT2D eigenvalue weighted by Crippen LogP contribution is 2.34. The van der Waals surface area contributed by atoms with Crippen molar-refractivity contribution in [3.8, 4) is 11.5 Å². The van der Waals surface area contributed by atoms with Gasteiger partial charge in [0.1, 0.15) is 18.1 Å². The molecule has 8 nitrogen and oxygen atoms in total.